The highest BCUT2D eigenvalue weighted by Crippen LogP contribution is 2.26. The molecule has 1 aliphatic heterocycles. The number of nitrogens with one attached hydrogen (secondary N) is 1. The van der Waals surface area contributed by atoms with Gasteiger partial charge in [0.15, 0.2) is 0 Å². The smallest absolute Gasteiger partial charge is 0.120 e. The summed E-state index contributed by atoms with van der Waals surface area (Å²) in [6.45, 7) is 6.57. The maximum absolute atomic E-state index is 5.95. The van der Waals surface area contributed by atoms with Crippen LogP contribution in [0.3, 0.4) is 0 Å². The summed E-state index contributed by atoms with van der Waals surface area (Å²) in [7, 11) is 0. The van der Waals surface area contributed by atoms with E-state index in [0.29, 0.717) is 16.7 Å². The minimum atomic E-state index is 0. The molecule has 0 unspecified atom stereocenters. The van der Waals surface area contributed by atoms with Gasteiger partial charge in [-0.3, -0.25) is 0 Å². The Bertz CT molecular complexity index is 443. The maximum Gasteiger partial charge on any atom is 0.120 e. The summed E-state index contributed by atoms with van der Waals surface area (Å²) in [6, 6.07) is 5.37. The molecule has 1 saturated heterocycles. The second-order valence-corrected chi connectivity index (χ2v) is 6.60. The van der Waals surface area contributed by atoms with Crippen molar-refractivity contribution in [1.29, 1.82) is 0 Å². The quantitative estimate of drug-likeness (QED) is 0.567. The molecule has 7 heteroatoms. The van der Waals surface area contributed by atoms with Crippen LogP contribution in [-0.4, -0.2) is 44.2 Å². The Morgan fingerprint density at radius 2 is 1.67 bits per heavy atom. The molecule has 0 bridgehead atoms. The van der Waals surface area contributed by atoms with E-state index in [0.717, 1.165) is 25.3 Å². The lowest BCUT2D eigenvalue weighted by molar-refractivity contribution is 0.225. The average Bonchev–Trinajstić information content (AvgIpc) is 2.54. The van der Waals surface area contributed by atoms with E-state index < -0.39 is 0 Å². The van der Waals surface area contributed by atoms with Crippen LogP contribution < -0.4 is 10.1 Å². The average molecular weight is 418 g/mol. The van der Waals surface area contributed by atoms with Gasteiger partial charge in [0, 0.05) is 6.07 Å². The summed E-state index contributed by atoms with van der Waals surface area (Å²) in [6.07, 6.45) is 6.38. The Morgan fingerprint density at radius 3 is 2.38 bits per heavy atom. The number of piperidine rings is 1. The molecule has 0 spiro atoms. The van der Waals surface area contributed by atoms with Gasteiger partial charge in [0.25, 0.3) is 0 Å². The number of hydrogen-bond acceptors (Lipinski definition) is 3. The van der Waals surface area contributed by atoms with Crippen LogP contribution in [-0.2, 0) is 0 Å². The third-order valence-electron chi connectivity index (χ3n) is 3.93. The molecule has 1 aromatic rings. The summed E-state index contributed by atoms with van der Waals surface area (Å²) in [5.41, 5.74) is 0. The fraction of sp³-hybridized carbons (Fsp3) is 0.647. The van der Waals surface area contributed by atoms with Crippen LogP contribution in [0.25, 0.3) is 0 Å². The molecule has 0 atom stereocenters. The van der Waals surface area contributed by atoms with Crippen molar-refractivity contribution in [1.82, 2.24) is 10.2 Å². The summed E-state index contributed by atoms with van der Waals surface area (Å²) < 4.78 is 5.65. The second-order valence-electron chi connectivity index (χ2n) is 5.78. The van der Waals surface area contributed by atoms with Crippen molar-refractivity contribution in [2.75, 3.05) is 39.3 Å². The Kier molecular flexibility index (Phi) is 14.3. The van der Waals surface area contributed by atoms with Gasteiger partial charge in [-0.25, -0.2) is 0 Å². The minimum Gasteiger partial charge on any atom is -0.493 e. The van der Waals surface area contributed by atoms with Crippen LogP contribution in [0.4, 0.5) is 0 Å². The molecule has 24 heavy (non-hydrogen) atoms. The first-order chi connectivity index (χ1) is 10.8. The number of likely N-dealkylation sites (tertiary alicyclic amines) is 1. The minimum absolute atomic E-state index is 0. The standard InChI is InChI=1S/C17H26Cl2N2O.2ClH/c18-16-7-6-15(14-17(16)19)22-13-5-9-20-8-4-12-21-10-2-1-3-11-21;;/h6-7,14,20H,1-5,8-13H2;2*1H. The normalized spacial score (nSPS) is 14.6. The number of rotatable bonds is 9. The lowest BCUT2D eigenvalue weighted by atomic mass is 10.1. The van der Waals surface area contributed by atoms with Gasteiger partial charge in [0.05, 0.1) is 16.7 Å². The van der Waals surface area contributed by atoms with E-state index in [4.69, 9.17) is 27.9 Å². The Morgan fingerprint density at radius 1 is 0.958 bits per heavy atom. The van der Waals surface area contributed by atoms with E-state index in [2.05, 4.69) is 10.2 Å². The van der Waals surface area contributed by atoms with Gasteiger partial charge in [-0.1, -0.05) is 29.6 Å². The van der Waals surface area contributed by atoms with Crippen LogP contribution in [0.1, 0.15) is 32.1 Å². The summed E-state index contributed by atoms with van der Waals surface area (Å²) in [4.78, 5) is 2.58. The van der Waals surface area contributed by atoms with E-state index in [1.807, 2.05) is 6.07 Å². The van der Waals surface area contributed by atoms with E-state index in [1.54, 1.807) is 12.1 Å². The largest absolute Gasteiger partial charge is 0.493 e. The van der Waals surface area contributed by atoms with Crippen molar-refractivity contribution in [3.63, 3.8) is 0 Å². The monoisotopic (exact) mass is 416 g/mol. The molecule has 2 rings (SSSR count). The van der Waals surface area contributed by atoms with E-state index >= 15 is 0 Å². The Balaban J connectivity index is 0.00000264. The maximum atomic E-state index is 5.95. The number of ether oxygens (including phenoxy) is 1. The Hall–Kier alpha value is 0.1000. The highest BCUT2D eigenvalue weighted by atomic mass is 35.5. The number of halogens is 4. The van der Waals surface area contributed by atoms with Crippen molar-refractivity contribution >= 4 is 48.0 Å². The van der Waals surface area contributed by atoms with Crippen molar-refractivity contribution in [2.24, 2.45) is 0 Å². The zero-order valence-electron chi connectivity index (χ0n) is 13.9. The van der Waals surface area contributed by atoms with E-state index in [1.165, 1.54) is 45.3 Å². The fourth-order valence-corrected chi connectivity index (χ4v) is 2.98. The molecule has 1 heterocycles. The molecule has 0 radical (unpaired) electrons. The van der Waals surface area contributed by atoms with Crippen LogP contribution in [0.5, 0.6) is 5.75 Å². The van der Waals surface area contributed by atoms with Crippen molar-refractivity contribution in [2.45, 2.75) is 32.1 Å². The van der Waals surface area contributed by atoms with Crippen molar-refractivity contribution in [3.8, 4) is 5.75 Å². The Labute approximate surface area is 168 Å². The van der Waals surface area contributed by atoms with Gasteiger partial charge in [-0.15, -0.1) is 24.8 Å². The lowest BCUT2D eigenvalue weighted by Gasteiger charge is -2.26. The van der Waals surface area contributed by atoms with Gasteiger partial charge in [-0.05, 0) is 70.5 Å². The predicted octanol–water partition coefficient (Wildman–Crippen LogP) is 5.07. The second kappa shape index (κ2) is 14.3. The third kappa shape index (κ3) is 9.55. The molecular weight excluding hydrogens is 390 g/mol. The number of hydrogen-bond donors (Lipinski definition) is 1. The first-order valence-electron chi connectivity index (χ1n) is 8.26. The summed E-state index contributed by atoms with van der Waals surface area (Å²) in [5, 5.41) is 4.57. The van der Waals surface area contributed by atoms with Gasteiger partial charge < -0.3 is 15.0 Å². The van der Waals surface area contributed by atoms with Gasteiger partial charge >= 0.3 is 0 Å². The SMILES string of the molecule is Cl.Cl.Clc1ccc(OCCCNCCCN2CCCCC2)cc1Cl. The first-order valence-corrected chi connectivity index (χ1v) is 9.02. The molecule has 3 nitrogen and oxygen atoms in total. The highest BCUT2D eigenvalue weighted by Gasteiger charge is 2.08. The molecule has 0 aliphatic carbocycles. The van der Waals surface area contributed by atoms with Gasteiger partial charge in [-0.2, -0.15) is 0 Å². The van der Waals surface area contributed by atoms with Crippen LogP contribution in [0.2, 0.25) is 10.0 Å². The third-order valence-corrected chi connectivity index (χ3v) is 4.67. The molecule has 1 aromatic carbocycles. The van der Waals surface area contributed by atoms with E-state index in [-0.39, 0.29) is 24.8 Å². The predicted molar refractivity (Wildman–Crippen MR) is 109 cm³/mol. The van der Waals surface area contributed by atoms with Crippen molar-refractivity contribution < 1.29 is 4.74 Å². The number of nitrogens with zero attached hydrogens (tertiary/aromatic N) is 1. The molecule has 0 amide bonds. The molecule has 1 N–H and O–H groups in total. The molecule has 140 valence electrons. The number of benzene rings is 1. The highest BCUT2D eigenvalue weighted by molar-refractivity contribution is 6.42. The molecular formula is C17H28Cl4N2O. The van der Waals surface area contributed by atoms with Gasteiger partial charge in [0.1, 0.15) is 5.75 Å². The zero-order valence-corrected chi connectivity index (χ0v) is 17.1. The summed E-state index contributed by atoms with van der Waals surface area (Å²) >= 11 is 11.8. The molecule has 0 aromatic heterocycles. The lowest BCUT2D eigenvalue weighted by Crippen LogP contribution is -2.32. The zero-order chi connectivity index (χ0) is 15.6. The van der Waals surface area contributed by atoms with E-state index in [9.17, 15) is 0 Å². The molecule has 1 fully saturated rings. The van der Waals surface area contributed by atoms with Crippen LogP contribution >= 0.6 is 48.0 Å². The molecule has 1 aliphatic rings. The first kappa shape index (κ1) is 24.1. The van der Waals surface area contributed by atoms with Crippen molar-refractivity contribution in [3.05, 3.63) is 28.2 Å². The summed E-state index contributed by atoms with van der Waals surface area (Å²) in [5.74, 6) is 0.777. The van der Waals surface area contributed by atoms with Gasteiger partial charge in [0.2, 0.25) is 0 Å². The van der Waals surface area contributed by atoms with Crippen LogP contribution in [0.15, 0.2) is 18.2 Å². The topological polar surface area (TPSA) is 24.5 Å². The fourth-order valence-electron chi connectivity index (χ4n) is 2.69. The molecule has 0 saturated carbocycles. The van der Waals surface area contributed by atoms with Crippen LogP contribution in [0, 0.1) is 0 Å².